The maximum atomic E-state index is 3.67. The fourth-order valence-electron chi connectivity index (χ4n) is 2.19. The van der Waals surface area contributed by atoms with Crippen LogP contribution in [0, 0.1) is 11.8 Å². The van der Waals surface area contributed by atoms with Crippen molar-refractivity contribution in [3.63, 3.8) is 0 Å². The lowest BCUT2D eigenvalue weighted by molar-refractivity contribution is 0.292. The van der Waals surface area contributed by atoms with Crippen molar-refractivity contribution >= 4 is 15.9 Å². The van der Waals surface area contributed by atoms with E-state index in [0.29, 0.717) is 5.92 Å². The first-order valence-electron chi connectivity index (χ1n) is 7.32. The second-order valence-corrected chi connectivity index (χ2v) is 7.43. The van der Waals surface area contributed by atoms with E-state index in [1.54, 1.807) is 0 Å². The van der Waals surface area contributed by atoms with Gasteiger partial charge < -0.3 is 5.32 Å². The monoisotopic (exact) mass is 325 g/mol. The molecule has 1 aromatic rings. The Morgan fingerprint density at radius 3 is 2.37 bits per heavy atom. The summed E-state index contributed by atoms with van der Waals surface area (Å²) in [5.74, 6) is 1.42. The summed E-state index contributed by atoms with van der Waals surface area (Å²) in [6.07, 6.45) is 2.38. The number of halogens is 1. The Labute approximate surface area is 127 Å². The van der Waals surface area contributed by atoms with Crippen molar-refractivity contribution in [2.24, 2.45) is 11.8 Å². The van der Waals surface area contributed by atoms with Crippen molar-refractivity contribution in [2.75, 3.05) is 6.54 Å². The Kier molecular flexibility index (Phi) is 6.55. The summed E-state index contributed by atoms with van der Waals surface area (Å²) in [6, 6.07) is 8.58. The second kappa shape index (κ2) is 7.44. The number of benzene rings is 1. The molecule has 0 aliphatic carbocycles. The quantitative estimate of drug-likeness (QED) is 0.772. The fraction of sp³-hybridized carbons (Fsp3) is 0.647. The molecule has 2 heteroatoms. The average Bonchev–Trinajstić information content (AvgIpc) is 2.34. The summed E-state index contributed by atoms with van der Waals surface area (Å²) in [5.41, 5.74) is 1.61. The van der Waals surface area contributed by atoms with Crippen LogP contribution >= 0.6 is 15.9 Å². The molecule has 0 aromatic heterocycles. The van der Waals surface area contributed by atoms with Crippen LogP contribution in [0.4, 0.5) is 0 Å². The molecule has 0 bridgehead atoms. The molecule has 2 unspecified atom stereocenters. The first-order valence-corrected chi connectivity index (χ1v) is 8.11. The minimum Gasteiger partial charge on any atom is -0.312 e. The maximum Gasteiger partial charge on any atom is 0.0207 e. The van der Waals surface area contributed by atoms with Crippen molar-refractivity contribution in [3.8, 4) is 0 Å². The number of hydrogen-bond acceptors (Lipinski definition) is 1. The molecule has 0 fully saturated rings. The van der Waals surface area contributed by atoms with Gasteiger partial charge in [0.15, 0.2) is 0 Å². The maximum absolute atomic E-state index is 3.67. The van der Waals surface area contributed by atoms with Crippen LogP contribution < -0.4 is 5.32 Å². The highest BCUT2D eigenvalue weighted by atomic mass is 79.9. The van der Waals surface area contributed by atoms with Crippen molar-refractivity contribution < 1.29 is 0 Å². The average molecular weight is 326 g/mol. The summed E-state index contributed by atoms with van der Waals surface area (Å²) in [6.45, 7) is 12.4. The van der Waals surface area contributed by atoms with E-state index in [9.17, 15) is 0 Å². The van der Waals surface area contributed by atoms with Gasteiger partial charge in [-0.2, -0.15) is 0 Å². The van der Waals surface area contributed by atoms with E-state index in [2.05, 4.69) is 80.1 Å². The summed E-state index contributed by atoms with van der Waals surface area (Å²) in [5, 5.41) is 3.66. The van der Waals surface area contributed by atoms with Crippen LogP contribution in [0.3, 0.4) is 0 Å². The van der Waals surface area contributed by atoms with E-state index in [4.69, 9.17) is 0 Å². The van der Waals surface area contributed by atoms with Gasteiger partial charge in [-0.15, -0.1) is 0 Å². The van der Waals surface area contributed by atoms with Gasteiger partial charge in [0.25, 0.3) is 0 Å². The SMILES string of the molecule is CCC(C)C(CNC(C)(C)C)Cc1ccccc1Br. The molecular weight excluding hydrogens is 298 g/mol. The molecule has 0 aliphatic heterocycles. The van der Waals surface area contributed by atoms with Crippen molar-refractivity contribution in [2.45, 2.75) is 53.0 Å². The van der Waals surface area contributed by atoms with Gasteiger partial charge in [-0.3, -0.25) is 0 Å². The number of rotatable bonds is 6. The van der Waals surface area contributed by atoms with Gasteiger partial charge in [-0.05, 0) is 57.2 Å². The Bertz CT molecular complexity index is 381. The van der Waals surface area contributed by atoms with Crippen LogP contribution in [0.2, 0.25) is 0 Å². The topological polar surface area (TPSA) is 12.0 Å². The zero-order chi connectivity index (χ0) is 14.5. The van der Waals surface area contributed by atoms with Crippen molar-refractivity contribution in [3.05, 3.63) is 34.3 Å². The highest BCUT2D eigenvalue weighted by molar-refractivity contribution is 9.10. The van der Waals surface area contributed by atoms with Gasteiger partial charge in [0.05, 0.1) is 0 Å². The van der Waals surface area contributed by atoms with Crippen LogP contribution in [-0.2, 0) is 6.42 Å². The molecule has 0 radical (unpaired) electrons. The lowest BCUT2D eigenvalue weighted by atomic mass is 9.85. The third kappa shape index (κ3) is 6.09. The highest BCUT2D eigenvalue weighted by Crippen LogP contribution is 2.25. The van der Waals surface area contributed by atoms with E-state index in [1.165, 1.54) is 16.5 Å². The lowest BCUT2D eigenvalue weighted by Gasteiger charge is -2.29. The Morgan fingerprint density at radius 2 is 1.84 bits per heavy atom. The third-order valence-electron chi connectivity index (χ3n) is 3.78. The van der Waals surface area contributed by atoms with E-state index < -0.39 is 0 Å². The molecule has 0 spiro atoms. The molecule has 1 rings (SSSR count). The second-order valence-electron chi connectivity index (χ2n) is 6.57. The molecule has 19 heavy (non-hydrogen) atoms. The third-order valence-corrected chi connectivity index (χ3v) is 4.56. The van der Waals surface area contributed by atoms with Crippen LogP contribution in [0.1, 0.15) is 46.6 Å². The van der Waals surface area contributed by atoms with Crippen LogP contribution in [0.25, 0.3) is 0 Å². The largest absolute Gasteiger partial charge is 0.312 e. The van der Waals surface area contributed by atoms with Gasteiger partial charge in [0.2, 0.25) is 0 Å². The van der Waals surface area contributed by atoms with E-state index in [1.807, 2.05) is 0 Å². The highest BCUT2D eigenvalue weighted by Gasteiger charge is 2.20. The molecule has 1 aromatic carbocycles. The Morgan fingerprint density at radius 1 is 1.21 bits per heavy atom. The minimum atomic E-state index is 0.194. The molecule has 1 nitrogen and oxygen atoms in total. The molecule has 0 saturated heterocycles. The molecule has 0 amide bonds. The van der Waals surface area contributed by atoms with Gasteiger partial charge in [0, 0.05) is 10.0 Å². The molecule has 0 saturated carbocycles. The number of nitrogens with one attached hydrogen (secondary N) is 1. The lowest BCUT2D eigenvalue weighted by Crippen LogP contribution is -2.41. The van der Waals surface area contributed by atoms with E-state index in [0.717, 1.165) is 18.9 Å². The van der Waals surface area contributed by atoms with Crippen molar-refractivity contribution in [1.82, 2.24) is 5.32 Å². The first kappa shape index (κ1) is 16.7. The van der Waals surface area contributed by atoms with Crippen LogP contribution in [-0.4, -0.2) is 12.1 Å². The Balaban J connectivity index is 2.72. The molecule has 1 N–H and O–H groups in total. The summed E-state index contributed by atoms with van der Waals surface area (Å²) < 4.78 is 1.24. The normalized spacial score (nSPS) is 15.3. The molecule has 0 heterocycles. The van der Waals surface area contributed by atoms with Gasteiger partial charge in [0.1, 0.15) is 0 Å². The van der Waals surface area contributed by atoms with Crippen LogP contribution in [0.5, 0.6) is 0 Å². The zero-order valence-corrected chi connectivity index (χ0v) is 14.5. The van der Waals surface area contributed by atoms with Gasteiger partial charge in [-0.25, -0.2) is 0 Å². The first-order chi connectivity index (χ1) is 8.83. The molecular formula is C17H28BrN. The summed E-state index contributed by atoms with van der Waals surface area (Å²) >= 11 is 3.67. The predicted molar refractivity (Wildman–Crippen MR) is 88.5 cm³/mol. The van der Waals surface area contributed by atoms with Crippen LogP contribution in [0.15, 0.2) is 28.7 Å². The summed E-state index contributed by atoms with van der Waals surface area (Å²) in [4.78, 5) is 0. The molecule has 0 aliphatic rings. The zero-order valence-electron chi connectivity index (χ0n) is 13.0. The fourth-order valence-corrected chi connectivity index (χ4v) is 2.64. The smallest absolute Gasteiger partial charge is 0.0207 e. The van der Waals surface area contributed by atoms with E-state index >= 15 is 0 Å². The van der Waals surface area contributed by atoms with E-state index in [-0.39, 0.29) is 5.54 Å². The standard InChI is InChI=1S/C17H28BrN/c1-6-13(2)15(12-19-17(3,4)5)11-14-9-7-8-10-16(14)18/h7-10,13,15,19H,6,11-12H2,1-5H3. The Hall–Kier alpha value is -0.340. The minimum absolute atomic E-state index is 0.194. The molecule has 2 atom stereocenters. The van der Waals surface area contributed by atoms with Gasteiger partial charge >= 0.3 is 0 Å². The number of hydrogen-bond donors (Lipinski definition) is 1. The van der Waals surface area contributed by atoms with Crippen molar-refractivity contribution in [1.29, 1.82) is 0 Å². The predicted octanol–water partition coefficient (Wildman–Crippen LogP) is 5.04. The molecule has 108 valence electrons. The van der Waals surface area contributed by atoms with Gasteiger partial charge in [-0.1, -0.05) is 54.4 Å². The summed E-state index contributed by atoms with van der Waals surface area (Å²) in [7, 11) is 0.